The maximum atomic E-state index is 12.4. The number of phenolic OH excluding ortho intramolecular Hbond substituents is 1. The topological polar surface area (TPSA) is 80.3 Å². The van der Waals surface area contributed by atoms with Gasteiger partial charge in [-0.25, -0.2) is 4.79 Å². The van der Waals surface area contributed by atoms with Crippen LogP contribution >= 0.6 is 0 Å². The van der Waals surface area contributed by atoms with Crippen molar-refractivity contribution in [1.82, 2.24) is 10.2 Å². The molecular formula is C26H34N2O5. The van der Waals surface area contributed by atoms with Gasteiger partial charge in [-0.3, -0.25) is 0 Å². The maximum Gasteiger partial charge on any atom is 0.410 e. The molecule has 2 aromatic carbocycles. The number of fused-ring (bicyclic) bond motifs is 1. The summed E-state index contributed by atoms with van der Waals surface area (Å²) in [6.07, 6.45) is 2.62. The minimum atomic E-state index is -0.547. The number of amides is 1. The third-order valence-electron chi connectivity index (χ3n) is 5.86. The van der Waals surface area contributed by atoms with Crippen LogP contribution in [0.2, 0.25) is 0 Å². The van der Waals surface area contributed by atoms with Gasteiger partial charge in [0.2, 0.25) is 0 Å². The molecule has 7 heteroatoms. The van der Waals surface area contributed by atoms with Crippen LogP contribution in [0.25, 0.3) is 0 Å². The van der Waals surface area contributed by atoms with Gasteiger partial charge < -0.3 is 29.5 Å². The molecule has 178 valence electrons. The molecule has 1 fully saturated rings. The Hall–Kier alpha value is -2.93. The van der Waals surface area contributed by atoms with E-state index in [1.54, 1.807) is 11.0 Å². The summed E-state index contributed by atoms with van der Waals surface area (Å²) in [5.41, 5.74) is 2.23. The van der Waals surface area contributed by atoms with Gasteiger partial charge in [-0.15, -0.1) is 0 Å². The summed E-state index contributed by atoms with van der Waals surface area (Å²) in [5.74, 6) is 1.64. The molecule has 2 aliphatic heterocycles. The van der Waals surface area contributed by atoms with Gasteiger partial charge in [-0.1, -0.05) is 12.1 Å². The third kappa shape index (κ3) is 6.32. The fourth-order valence-electron chi connectivity index (χ4n) is 4.12. The van der Waals surface area contributed by atoms with Crippen LogP contribution in [0.5, 0.6) is 17.2 Å². The van der Waals surface area contributed by atoms with Crippen molar-refractivity contribution in [2.75, 3.05) is 19.6 Å². The van der Waals surface area contributed by atoms with Crippen LogP contribution in [-0.4, -0.2) is 47.4 Å². The molecule has 0 spiro atoms. The number of piperidine rings is 1. The van der Waals surface area contributed by atoms with Crippen molar-refractivity contribution in [2.24, 2.45) is 0 Å². The van der Waals surface area contributed by atoms with Gasteiger partial charge in [0.1, 0.15) is 35.6 Å². The number of aromatic hydroxyl groups is 1. The lowest BCUT2D eigenvalue weighted by Gasteiger charge is -2.31. The molecule has 2 aromatic rings. The maximum absolute atomic E-state index is 12.4. The summed E-state index contributed by atoms with van der Waals surface area (Å²) < 4.78 is 17.5. The molecule has 7 nitrogen and oxygen atoms in total. The minimum absolute atomic E-state index is 0.140. The summed E-state index contributed by atoms with van der Waals surface area (Å²) in [4.78, 5) is 14.0. The molecular weight excluding hydrogens is 420 g/mol. The quantitative estimate of drug-likeness (QED) is 0.697. The standard InChI is InChI=1S/C26H34N2O5/c1-26(2,3)33-25(30)28-13-10-19-14-22(15-24(29)23(19)16-28)31-17-18-4-6-20(7-5-18)32-21-8-11-27-12-9-21/h4-7,14-15,21,27,29H,8-13,16-17H2,1-3H3. The van der Waals surface area contributed by atoms with Crippen molar-refractivity contribution in [2.45, 2.75) is 64.9 Å². The average Bonchev–Trinajstić information content (AvgIpc) is 2.78. The number of ether oxygens (including phenoxy) is 3. The summed E-state index contributed by atoms with van der Waals surface area (Å²) in [6, 6.07) is 11.6. The molecule has 33 heavy (non-hydrogen) atoms. The lowest BCUT2D eigenvalue weighted by Crippen LogP contribution is -2.39. The van der Waals surface area contributed by atoms with E-state index < -0.39 is 5.60 Å². The zero-order chi connectivity index (χ0) is 23.4. The number of nitrogens with one attached hydrogen (secondary N) is 1. The van der Waals surface area contributed by atoms with Gasteiger partial charge in [0.05, 0.1) is 6.54 Å². The molecule has 0 saturated carbocycles. The second-order valence-electron chi connectivity index (χ2n) is 9.73. The van der Waals surface area contributed by atoms with E-state index in [2.05, 4.69) is 5.32 Å². The Kier molecular flexibility index (Phi) is 6.98. The van der Waals surface area contributed by atoms with Crippen LogP contribution in [0, 0.1) is 0 Å². The number of carbonyl (C=O) groups excluding carboxylic acids is 1. The first-order valence-electron chi connectivity index (χ1n) is 11.7. The van der Waals surface area contributed by atoms with Crippen molar-refractivity contribution < 1.29 is 24.1 Å². The average molecular weight is 455 g/mol. The zero-order valence-corrected chi connectivity index (χ0v) is 19.7. The molecule has 2 N–H and O–H groups in total. The highest BCUT2D eigenvalue weighted by molar-refractivity contribution is 5.69. The molecule has 1 saturated heterocycles. The predicted molar refractivity (Wildman–Crippen MR) is 126 cm³/mol. The van der Waals surface area contributed by atoms with E-state index in [0.717, 1.165) is 48.4 Å². The van der Waals surface area contributed by atoms with E-state index in [4.69, 9.17) is 14.2 Å². The molecule has 4 rings (SSSR count). The molecule has 2 heterocycles. The Labute approximate surface area is 195 Å². The highest BCUT2D eigenvalue weighted by Gasteiger charge is 2.27. The van der Waals surface area contributed by atoms with Gasteiger partial charge in [0, 0.05) is 18.2 Å². The van der Waals surface area contributed by atoms with Crippen molar-refractivity contribution in [3.8, 4) is 17.2 Å². The fraction of sp³-hybridized carbons (Fsp3) is 0.500. The highest BCUT2D eigenvalue weighted by atomic mass is 16.6. The van der Waals surface area contributed by atoms with Gasteiger partial charge >= 0.3 is 6.09 Å². The van der Waals surface area contributed by atoms with Gasteiger partial charge in [0.15, 0.2) is 0 Å². The Morgan fingerprint density at radius 3 is 2.55 bits per heavy atom. The lowest BCUT2D eigenvalue weighted by atomic mass is 9.98. The van der Waals surface area contributed by atoms with Gasteiger partial charge in [-0.2, -0.15) is 0 Å². The summed E-state index contributed by atoms with van der Waals surface area (Å²) in [6.45, 7) is 8.82. The van der Waals surface area contributed by atoms with Crippen LogP contribution in [0.4, 0.5) is 4.79 Å². The Morgan fingerprint density at radius 1 is 1.12 bits per heavy atom. The second kappa shape index (κ2) is 9.91. The molecule has 2 aliphatic rings. The first-order chi connectivity index (χ1) is 15.8. The first-order valence-corrected chi connectivity index (χ1v) is 11.7. The smallest absolute Gasteiger partial charge is 0.410 e. The zero-order valence-electron chi connectivity index (χ0n) is 19.7. The fourth-order valence-corrected chi connectivity index (χ4v) is 4.12. The van der Waals surface area contributed by atoms with E-state index in [1.807, 2.05) is 51.1 Å². The van der Waals surface area contributed by atoms with Crippen molar-refractivity contribution in [3.63, 3.8) is 0 Å². The Balaban J connectivity index is 1.33. The van der Waals surface area contributed by atoms with Crippen LogP contribution < -0.4 is 14.8 Å². The van der Waals surface area contributed by atoms with Crippen LogP contribution in [0.15, 0.2) is 36.4 Å². The largest absolute Gasteiger partial charge is 0.507 e. The summed E-state index contributed by atoms with van der Waals surface area (Å²) in [7, 11) is 0. The molecule has 0 aromatic heterocycles. The summed E-state index contributed by atoms with van der Waals surface area (Å²) >= 11 is 0. The number of benzene rings is 2. The van der Waals surface area contributed by atoms with E-state index in [0.29, 0.717) is 31.9 Å². The lowest BCUT2D eigenvalue weighted by molar-refractivity contribution is 0.0222. The number of nitrogens with zero attached hydrogens (tertiary/aromatic N) is 1. The molecule has 1 amide bonds. The Morgan fingerprint density at radius 2 is 1.85 bits per heavy atom. The first kappa shape index (κ1) is 23.2. The number of phenols is 1. The normalized spacial score (nSPS) is 16.8. The van der Waals surface area contributed by atoms with Gasteiger partial charge in [0.25, 0.3) is 0 Å². The number of hydrogen-bond acceptors (Lipinski definition) is 6. The van der Waals surface area contributed by atoms with Crippen LogP contribution in [0.3, 0.4) is 0 Å². The predicted octanol–water partition coefficient (Wildman–Crippen LogP) is 4.40. The second-order valence-corrected chi connectivity index (χ2v) is 9.73. The van der Waals surface area contributed by atoms with Crippen LogP contribution in [-0.2, 0) is 24.3 Å². The van der Waals surface area contributed by atoms with E-state index in [-0.39, 0.29) is 17.9 Å². The number of rotatable bonds is 5. The van der Waals surface area contributed by atoms with Crippen molar-refractivity contribution in [3.05, 3.63) is 53.1 Å². The molecule has 0 unspecified atom stereocenters. The van der Waals surface area contributed by atoms with Crippen molar-refractivity contribution >= 4 is 6.09 Å². The van der Waals surface area contributed by atoms with Crippen LogP contribution in [0.1, 0.15) is 50.3 Å². The molecule has 0 radical (unpaired) electrons. The third-order valence-corrected chi connectivity index (χ3v) is 5.86. The van der Waals surface area contributed by atoms with Crippen molar-refractivity contribution in [1.29, 1.82) is 0 Å². The molecule has 0 bridgehead atoms. The highest BCUT2D eigenvalue weighted by Crippen LogP contribution is 2.33. The summed E-state index contributed by atoms with van der Waals surface area (Å²) in [5, 5.41) is 13.9. The van der Waals surface area contributed by atoms with Gasteiger partial charge in [-0.05, 0) is 82.4 Å². The number of carbonyl (C=O) groups is 1. The Bertz CT molecular complexity index is 962. The van der Waals surface area contributed by atoms with E-state index in [1.165, 1.54) is 0 Å². The SMILES string of the molecule is CC(C)(C)OC(=O)N1CCc2cc(OCc3ccc(OC4CCNCC4)cc3)cc(O)c2C1. The minimum Gasteiger partial charge on any atom is -0.507 e. The molecule has 0 aliphatic carbocycles. The van der Waals surface area contributed by atoms with E-state index in [9.17, 15) is 9.90 Å². The molecule has 0 atom stereocenters. The monoisotopic (exact) mass is 454 g/mol. The van der Waals surface area contributed by atoms with E-state index >= 15 is 0 Å². The number of hydrogen-bond donors (Lipinski definition) is 2.